The molecule has 3 aromatic carbocycles. The van der Waals surface area contributed by atoms with Crippen molar-refractivity contribution in [1.29, 1.82) is 0 Å². The summed E-state index contributed by atoms with van der Waals surface area (Å²) in [5.74, 6) is -0.459. The third kappa shape index (κ3) is 6.66. The number of aliphatic hydroxyl groups excluding tert-OH is 1. The van der Waals surface area contributed by atoms with Crippen molar-refractivity contribution in [3.8, 4) is 11.1 Å². The maximum absolute atomic E-state index is 13.6. The van der Waals surface area contributed by atoms with Gasteiger partial charge in [0.15, 0.2) is 0 Å². The molecule has 0 bridgehead atoms. The van der Waals surface area contributed by atoms with Gasteiger partial charge in [-0.25, -0.2) is 8.42 Å². The van der Waals surface area contributed by atoms with Crippen molar-refractivity contribution in [1.82, 2.24) is 9.62 Å². The van der Waals surface area contributed by atoms with Crippen LogP contribution in [0.1, 0.15) is 24.5 Å². The summed E-state index contributed by atoms with van der Waals surface area (Å²) in [5, 5.41) is 27.7. The number of hydrogen-bond acceptors (Lipinski definition) is 8. The lowest BCUT2D eigenvalue weighted by Gasteiger charge is -2.23. The van der Waals surface area contributed by atoms with Crippen LogP contribution in [0.5, 0.6) is 0 Å². The van der Waals surface area contributed by atoms with Crippen LogP contribution in [0, 0.1) is 10.1 Å². The van der Waals surface area contributed by atoms with E-state index in [-0.39, 0.29) is 36.5 Å². The Morgan fingerprint density at radius 2 is 1.74 bits per heavy atom. The average Bonchev–Trinajstić information content (AvgIpc) is 3.35. The number of hydrogen-bond donors (Lipinski definition) is 2. The molecule has 1 fully saturated rings. The summed E-state index contributed by atoms with van der Waals surface area (Å²) in [5.41, 5.74) is 2.62. The first-order valence-corrected chi connectivity index (χ1v) is 13.6. The van der Waals surface area contributed by atoms with Gasteiger partial charge < -0.3 is 15.3 Å². The van der Waals surface area contributed by atoms with Gasteiger partial charge in [0.1, 0.15) is 7.11 Å². The van der Waals surface area contributed by atoms with Gasteiger partial charge in [-0.3, -0.25) is 14.9 Å². The number of benzene rings is 3. The minimum Gasteiger partial charge on any atom is -0.399 e. The normalized spacial score (nSPS) is 17.6. The molecule has 1 heterocycles. The number of nitro benzene ring substituents is 1. The van der Waals surface area contributed by atoms with Crippen molar-refractivity contribution in [2.45, 2.75) is 29.9 Å². The number of sulfonamides is 1. The molecule has 4 rings (SSSR count). The fourth-order valence-corrected chi connectivity index (χ4v) is 6.03. The van der Waals surface area contributed by atoms with Crippen LogP contribution in [0.15, 0.2) is 88.9 Å². The second kappa shape index (κ2) is 12.2. The maximum Gasteiger partial charge on any atom is 0.269 e. The Kier molecular flexibility index (Phi) is 8.69. The molecule has 1 saturated heterocycles. The standard InChI is InChI=1S/C27H28N4O7S/c1-38-29-22-15-24(16-27(33)28-17-26(32)21-7-11-23(12-8-21)31(34)35)30(18-22)39(36,37)25-13-9-20(10-14-25)19-5-3-2-4-6-19/h2-14,24,26,32H,15-18H2,1H3,(H,28,33)/t24-,26?/m0/s1. The minimum absolute atomic E-state index is 0.0139. The summed E-state index contributed by atoms with van der Waals surface area (Å²) in [7, 11) is -2.59. The molecule has 1 unspecified atom stereocenters. The Balaban J connectivity index is 1.44. The van der Waals surface area contributed by atoms with Gasteiger partial charge in [-0.2, -0.15) is 4.31 Å². The monoisotopic (exact) mass is 552 g/mol. The largest absolute Gasteiger partial charge is 0.399 e. The summed E-state index contributed by atoms with van der Waals surface area (Å²) in [6.07, 6.45) is -1.03. The number of amides is 1. The fraction of sp³-hybridized carbons (Fsp3) is 0.259. The second-order valence-corrected chi connectivity index (χ2v) is 10.9. The van der Waals surface area contributed by atoms with Crippen LogP contribution in [0.25, 0.3) is 11.1 Å². The van der Waals surface area contributed by atoms with Crippen molar-refractivity contribution < 1.29 is 28.1 Å². The smallest absolute Gasteiger partial charge is 0.269 e. The number of non-ortho nitro benzene ring substituents is 1. The quantitative estimate of drug-likeness (QED) is 0.289. The van der Waals surface area contributed by atoms with Gasteiger partial charge in [0.05, 0.1) is 28.2 Å². The molecule has 2 N–H and O–H groups in total. The van der Waals surface area contributed by atoms with Crippen LogP contribution in [0.2, 0.25) is 0 Å². The van der Waals surface area contributed by atoms with Gasteiger partial charge in [-0.05, 0) is 41.0 Å². The second-order valence-electron chi connectivity index (χ2n) is 9.01. The van der Waals surface area contributed by atoms with Crippen LogP contribution in [-0.2, 0) is 19.7 Å². The van der Waals surface area contributed by atoms with Gasteiger partial charge in [0.25, 0.3) is 5.69 Å². The molecule has 39 heavy (non-hydrogen) atoms. The summed E-state index contributed by atoms with van der Waals surface area (Å²) in [4.78, 5) is 28.0. The molecule has 12 heteroatoms. The molecule has 1 aliphatic heterocycles. The maximum atomic E-state index is 13.6. The molecule has 0 radical (unpaired) electrons. The number of oxime groups is 1. The highest BCUT2D eigenvalue weighted by atomic mass is 32.2. The Morgan fingerprint density at radius 3 is 2.36 bits per heavy atom. The first kappa shape index (κ1) is 27.9. The van der Waals surface area contributed by atoms with Crippen molar-refractivity contribution in [3.63, 3.8) is 0 Å². The van der Waals surface area contributed by atoms with E-state index in [9.17, 15) is 28.4 Å². The number of aliphatic hydroxyl groups is 1. The van der Waals surface area contributed by atoms with Gasteiger partial charge in [-0.15, -0.1) is 0 Å². The van der Waals surface area contributed by atoms with Crippen LogP contribution in [-0.4, -0.2) is 60.6 Å². The van der Waals surface area contributed by atoms with E-state index in [0.717, 1.165) is 11.1 Å². The van der Waals surface area contributed by atoms with Crippen molar-refractivity contribution in [3.05, 3.63) is 94.5 Å². The zero-order valence-electron chi connectivity index (χ0n) is 21.1. The molecule has 2 atom stereocenters. The first-order valence-electron chi connectivity index (χ1n) is 12.1. The highest BCUT2D eigenvalue weighted by Gasteiger charge is 2.40. The van der Waals surface area contributed by atoms with E-state index < -0.39 is 33.0 Å². The lowest BCUT2D eigenvalue weighted by atomic mass is 10.1. The van der Waals surface area contributed by atoms with Crippen molar-refractivity contribution in [2.75, 3.05) is 20.2 Å². The summed E-state index contributed by atoms with van der Waals surface area (Å²) < 4.78 is 28.4. The molecular formula is C27H28N4O7S. The van der Waals surface area contributed by atoms with Crippen LogP contribution in [0.4, 0.5) is 5.69 Å². The van der Waals surface area contributed by atoms with Gasteiger partial charge in [-0.1, -0.05) is 47.6 Å². The highest BCUT2D eigenvalue weighted by Crippen LogP contribution is 2.29. The number of nitrogens with zero attached hydrogens (tertiary/aromatic N) is 3. The third-order valence-corrected chi connectivity index (χ3v) is 8.32. The predicted molar refractivity (Wildman–Crippen MR) is 144 cm³/mol. The highest BCUT2D eigenvalue weighted by molar-refractivity contribution is 7.89. The van der Waals surface area contributed by atoms with Gasteiger partial charge in [0.2, 0.25) is 15.9 Å². The number of nitro groups is 1. The van der Waals surface area contributed by atoms with E-state index in [4.69, 9.17) is 4.84 Å². The van der Waals surface area contributed by atoms with E-state index in [1.54, 1.807) is 24.3 Å². The molecule has 0 aromatic heterocycles. The van der Waals surface area contributed by atoms with Crippen molar-refractivity contribution >= 4 is 27.3 Å². The molecule has 1 aliphatic rings. The summed E-state index contributed by atoms with van der Waals surface area (Å²) in [6, 6.07) is 20.8. The van der Waals surface area contributed by atoms with Crippen LogP contribution < -0.4 is 5.32 Å². The lowest BCUT2D eigenvalue weighted by molar-refractivity contribution is -0.384. The number of rotatable bonds is 10. The van der Waals surface area contributed by atoms with E-state index in [1.165, 1.54) is 35.7 Å². The lowest BCUT2D eigenvalue weighted by Crippen LogP contribution is -2.39. The molecule has 0 aliphatic carbocycles. The number of carbonyl (C=O) groups excluding carboxylic acids is 1. The van der Waals surface area contributed by atoms with E-state index >= 15 is 0 Å². The van der Waals surface area contributed by atoms with E-state index in [0.29, 0.717) is 11.3 Å². The Morgan fingerprint density at radius 1 is 1.10 bits per heavy atom. The molecule has 3 aromatic rings. The van der Waals surface area contributed by atoms with E-state index in [1.807, 2.05) is 30.3 Å². The summed E-state index contributed by atoms with van der Waals surface area (Å²) in [6.45, 7) is -0.157. The van der Waals surface area contributed by atoms with Gasteiger partial charge >= 0.3 is 0 Å². The number of carbonyl (C=O) groups is 1. The SMILES string of the molecule is CON=C1C[C@@H](CC(=O)NCC(O)c2ccc([N+](=O)[O-])cc2)N(S(=O)(=O)c2ccc(-c3ccccc3)cc2)C1. The van der Waals surface area contributed by atoms with Crippen LogP contribution in [0.3, 0.4) is 0 Å². The average molecular weight is 553 g/mol. The topological polar surface area (TPSA) is 151 Å². The molecule has 11 nitrogen and oxygen atoms in total. The molecular weight excluding hydrogens is 524 g/mol. The Labute approximate surface area is 225 Å². The first-order chi connectivity index (χ1) is 18.7. The Bertz CT molecular complexity index is 1440. The van der Waals surface area contributed by atoms with E-state index in [2.05, 4.69) is 10.5 Å². The molecule has 1 amide bonds. The summed E-state index contributed by atoms with van der Waals surface area (Å²) >= 11 is 0. The fourth-order valence-electron chi connectivity index (χ4n) is 4.42. The zero-order chi connectivity index (χ0) is 28.0. The zero-order valence-corrected chi connectivity index (χ0v) is 22.0. The predicted octanol–water partition coefficient (Wildman–Crippen LogP) is 3.27. The van der Waals surface area contributed by atoms with Crippen LogP contribution >= 0.6 is 0 Å². The van der Waals surface area contributed by atoms with Crippen molar-refractivity contribution in [2.24, 2.45) is 5.16 Å². The molecule has 0 spiro atoms. The molecule has 0 saturated carbocycles. The Hall–Kier alpha value is -4.13. The molecule has 204 valence electrons. The third-order valence-electron chi connectivity index (χ3n) is 6.41. The minimum atomic E-state index is -3.96. The number of nitrogens with one attached hydrogen (secondary N) is 1. The van der Waals surface area contributed by atoms with Gasteiger partial charge in [0, 0.05) is 37.6 Å².